The third-order valence-electron chi connectivity index (χ3n) is 11.2. The lowest BCUT2D eigenvalue weighted by atomic mass is 9.45. The number of hydrogen-bond donors (Lipinski definition) is 1. The van der Waals surface area contributed by atoms with Crippen LogP contribution in [0.3, 0.4) is 0 Å². The van der Waals surface area contributed by atoms with Crippen molar-refractivity contribution in [1.29, 1.82) is 0 Å². The van der Waals surface area contributed by atoms with Crippen LogP contribution in [0.1, 0.15) is 87.6 Å². The molecule has 2 aromatic carbocycles. The predicted octanol–water partition coefficient (Wildman–Crippen LogP) is 7.73. The summed E-state index contributed by atoms with van der Waals surface area (Å²) in [6.07, 6.45) is 10.5. The van der Waals surface area contributed by atoms with Gasteiger partial charge in [0, 0.05) is 21.2 Å². The molecule has 40 heavy (non-hydrogen) atoms. The van der Waals surface area contributed by atoms with Crippen molar-refractivity contribution >= 4 is 33.5 Å². The van der Waals surface area contributed by atoms with E-state index in [9.17, 15) is 9.59 Å². The van der Waals surface area contributed by atoms with Crippen molar-refractivity contribution in [3.8, 4) is 0 Å². The van der Waals surface area contributed by atoms with Gasteiger partial charge in [-0.15, -0.1) is 0 Å². The van der Waals surface area contributed by atoms with Crippen LogP contribution in [0.4, 0.5) is 0 Å². The molecule has 4 aliphatic carbocycles. The van der Waals surface area contributed by atoms with Gasteiger partial charge in [0.25, 0.3) is 5.91 Å². The van der Waals surface area contributed by atoms with Crippen LogP contribution in [0.25, 0.3) is 0 Å². The fraction of sp³-hybridized carbons (Fsp3) is 0.559. The molecule has 1 N–H and O–H groups in total. The number of amides is 1. The standard InChI is InChI=1S/C34H41BrN2O3/c1-33-17-15-26(40-31(38)19-22-7-4-3-5-8-22)21-24(33)11-12-27-28-13-14-30(34(28,2)18-16-29(27)33)36-37-32(39)23-9-6-10-25(35)20-23/h3-10,20,24,26-29H,11-19,21H2,1-2H3,(H,37,39)/t24-,26-,27-,28-,29-,33-,34-/m0/s1. The number of nitrogens with zero attached hydrogens (tertiary/aromatic N) is 1. The second-order valence-electron chi connectivity index (χ2n) is 13.2. The van der Waals surface area contributed by atoms with Crippen molar-refractivity contribution in [2.45, 2.75) is 84.2 Å². The third-order valence-corrected chi connectivity index (χ3v) is 11.7. The number of ether oxygens (including phenoxy) is 1. The fourth-order valence-corrected chi connectivity index (χ4v) is 9.50. The van der Waals surface area contributed by atoms with Gasteiger partial charge >= 0.3 is 5.97 Å². The van der Waals surface area contributed by atoms with Gasteiger partial charge in [0.1, 0.15) is 6.10 Å². The number of halogens is 1. The van der Waals surface area contributed by atoms with Crippen LogP contribution in [0, 0.1) is 34.5 Å². The molecule has 212 valence electrons. The zero-order valence-corrected chi connectivity index (χ0v) is 25.3. The maximum absolute atomic E-state index is 12.8. The van der Waals surface area contributed by atoms with Crippen molar-refractivity contribution in [1.82, 2.24) is 5.43 Å². The van der Waals surface area contributed by atoms with Gasteiger partial charge < -0.3 is 4.74 Å². The summed E-state index contributed by atoms with van der Waals surface area (Å²) in [6, 6.07) is 17.4. The Morgan fingerprint density at radius 3 is 2.60 bits per heavy atom. The monoisotopic (exact) mass is 604 g/mol. The molecule has 0 heterocycles. The number of hydrazone groups is 1. The van der Waals surface area contributed by atoms with Gasteiger partial charge in [0.2, 0.25) is 0 Å². The molecule has 0 radical (unpaired) electrons. The minimum atomic E-state index is -0.149. The third kappa shape index (κ3) is 5.17. The van der Waals surface area contributed by atoms with Gasteiger partial charge in [0.05, 0.1) is 6.42 Å². The molecule has 5 nitrogen and oxygen atoms in total. The first kappa shape index (κ1) is 27.7. The summed E-state index contributed by atoms with van der Waals surface area (Å²) in [4.78, 5) is 25.4. The normalized spacial score (nSPS) is 35.8. The van der Waals surface area contributed by atoms with Gasteiger partial charge in [-0.3, -0.25) is 9.59 Å². The maximum atomic E-state index is 12.8. The highest BCUT2D eigenvalue weighted by Crippen LogP contribution is 2.65. The van der Waals surface area contributed by atoms with Crippen LogP contribution in [0.15, 0.2) is 64.2 Å². The Balaban J connectivity index is 1.09. The second-order valence-corrected chi connectivity index (χ2v) is 14.1. The Kier molecular flexibility index (Phi) is 7.67. The first-order valence-corrected chi connectivity index (χ1v) is 15.9. The molecule has 0 aliphatic heterocycles. The Morgan fingerprint density at radius 1 is 0.975 bits per heavy atom. The van der Waals surface area contributed by atoms with Gasteiger partial charge in [-0.05, 0) is 111 Å². The first-order chi connectivity index (χ1) is 19.3. The van der Waals surface area contributed by atoms with E-state index in [4.69, 9.17) is 9.84 Å². The van der Waals surface area contributed by atoms with Gasteiger partial charge in [-0.25, -0.2) is 5.43 Å². The molecule has 0 spiro atoms. The molecule has 0 unspecified atom stereocenters. The summed E-state index contributed by atoms with van der Waals surface area (Å²) in [5, 5.41) is 4.74. The SMILES string of the molecule is C[C@]12CC[C@H](OC(=O)Cc3ccccc3)C[C@@H]1CC[C@@H]1[C@@H]2CC[C@]2(C)C(=NNC(=O)c3cccc(Br)c3)CC[C@@H]12. The lowest BCUT2D eigenvalue weighted by molar-refractivity contribution is -0.159. The highest BCUT2D eigenvalue weighted by atomic mass is 79.9. The predicted molar refractivity (Wildman–Crippen MR) is 161 cm³/mol. The topological polar surface area (TPSA) is 67.8 Å². The van der Waals surface area contributed by atoms with Crippen LogP contribution in [0.5, 0.6) is 0 Å². The van der Waals surface area contributed by atoms with Gasteiger partial charge in [-0.2, -0.15) is 5.10 Å². The van der Waals surface area contributed by atoms with E-state index in [1.165, 1.54) is 31.4 Å². The Bertz CT molecular complexity index is 1300. The zero-order valence-electron chi connectivity index (χ0n) is 23.7. The molecule has 1 amide bonds. The van der Waals surface area contributed by atoms with Crippen LogP contribution in [0.2, 0.25) is 0 Å². The number of hydrogen-bond acceptors (Lipinski definition) is 4. The number of rotatable bonds is 5. The van der Waals surface area contributed by atoms with E-state index >= 15 is 0 Å². The lowest BCUT2D eigenvalue weighted by Crippen LogP contribution is -2.54. The van der Waals surface area contributed by atoms with E-state index in [1.807, 2.05) is 54.6 Å². The average Bonchev–Trinajstić information content (AvgIpc) is 3.28. The van der Waals surface area contributed by atoms with Crippen LogP contribution < -0.4 is 5.43 Å². The molecule has 6 rings (SSSR count). The van der Waals surface area contributed by atoms with Crippen molar-refractivity contribution in [2.75, 3.05) is 0 Å². The van der Waals surface area contributed by atoms with Crippen molar-refractivity contribution in [3.05, 3.63) is 70.2 Å². The van der Waals surface area contributed by atoms with Crippen molar-refractivity contribution < 1.29 is 14.3 Å². The number of carbonyl (C=O) groups is 2. The molecule has 6 heteroatoms. The Hall–Kier alpha value is -2.47. The summed E-state index contributed by atoms with van der Waals surface area (Å²) in [5.41, 5.74) is 6.08. The number of nitrogens with one attached hydrogen (secondary N) is 1. The zero-order chi connectivity index (χ0) is 27.9. The Labute approximate surface area is 246 Å². The maximum Gasteiger partial charge on any atom is 0.310 e. The molecule has 4 saturated carbocycles. The Morgan fingerprint density at radius 2 is 1.80 bits per heavy atom. The first-order valence-electron chi connectivity index (χ1n) is 15.1. The summed E-state index contributed by atoms with van der Waals surface area (Å²) in [6.45, 7) is 4.95. The summed E-state index contributed by atoms with van der Waals surface area (Å²) in [5.74, 6) is 2.45. The molecule has 4 fully saturated rings. The largest absolute Gasteiger partial charge is 0.462 e. The summed E-state index contributed by atoms with van der Waals surface area (Å²) in [7, 11) is 0. The highest BCUT2D eigenvalue weighted by molar-refractivity contribution is 9.10. The van der Waals surface area contributed by atoms with E-state index < -0.39 is 0 Å². The highest BCUT2D eigenvalue weighted by Gasteiger charge is 2.59. The molecule has 2 aromatic rings. The smallest absolute Gasteiger partial charge is 0.310 e. The van der Waals surface area contributed by atoms with Gasteiger partial charge in [-0.1, -0.05) is 66.2 Å². The van der Waals surface area contributed by atoms with Crippen LogP contribution >= 0.6 is 15.9 Å². The van der Waals surface area contributed by atoms with Crippen molar-refractivity contribution in [3.63, 3.8) is 0 Å². The van der Waals surface area contributed by atoms with E-state index in [1.54, 1.807) is 0 Å². The second kappa shape index (κ2) is 11.1. The van der Waals surface area contributed by atoms with E-state index in [0.29, 0.717) is 35.2 Å². The van der Waals surface area contributed by atoms with Crippen molar-refractivity contribution in [2.24, 2.45) is 39.6 Å². The molecule has 0 bridgehead atoms. The van der Waals surface area contributed by atoms with Crippen LogP contribution in [-0.4, -0.2) is 23.7 Å². The van der Waals surface area contributed by atoms with Crippen LogP contribution in [-0.2, 0) is 16.0 Å². The van der Waals surface area contributed by atoms with Gasteiger partial charge in [0.15, 0.2) is 0 Å². The molecule has 0 aromatic heterocycles. The molecule has 7 atom stereocenters. The minimum absolute atomic E-state index is 0.0544. The average molecular weight is 606 g/mol. The fourth-order valence-electron chi connectivity index (χ4n) is 9.10. The number of carbonyl (C=O) groups excluding carboxylic acids is 2. The number of esters is 1. The van der Waals surface area contributed by atoms with E-state index in [2.05, 4.69) is 35.2 Å². The molecule has 4 aliphatic rings. The van der Waals surface area contributed by atoms with E-state index in [-0.39, 0.29) is 23.4 Å². The lowest BCUT2D eigenvalue weighted by Gasteiger charge is -2.60. The molecular formula is C34H41BrN2O3. The molecule has 0 saturated heterocycles. The van der Waals surface area contributed by atoms with E-state index in [0.717, 1.165) is 48.1 Å². The summed E-state index contributed by atoms with van der Waals surface area (Å²) >= 11 is 3.45. The summed E-state index contributed by atoms with van der Waals surface area (Å²) < 4.78 is 6.91. The number of fused-ring (bicyclic) bond motifs is 5. The quantitative estimate of drug-likeness (QED) is 0.280. The number of benzene rings is 2. The molecular weight excluding hydrogens is 564 g/mol. The minimum Gasteiger partial charge on any atom is -0.462 e.